The Kier molecular flexibility index (Phi) is 6.59. The topological polar surface area (TPSA) is 111 Å². The highest BCUT2D eigenvalue weighted by atomic mass is 35.5. The number of rotatable bonds is 6. The first-order valence-corrected chi connectivity index (χ1v) is 11.2. The summed E-state index contributed by atoms with van der Waals surface area (Å²) in [6.45, 7) is 1.92. The van der Waals surface area contributed by atoms with Crippen LogP contribution in [0, 0.1) is 6.92 Å². The van der Waals surface area contributed by atoms with Crippen molar-refractivity contribution in [2.45, 2.75) is 6.92 Å². The zero-order chi connectivity index (χ0) is 23.5. The normalized spacial score (nSPS) is 10.6. The Morgan fingerprint density at radius 1 is 1.15 bits per heavy atom. The third-order valence-corrected chi connectivity index (χ3v) is 5.91. The van der Waals surface area contributed by atoms with Gasteiger partial charge in [-0.05, 0) is 43.4 Å². The number of nitrogens with zero attached hydrogens (tertiary/aromatic N) is 2. The van der Waals surface area contributed by atoms with Crippen molar-refractivity contribution >= 4 is 67.8 Å². The van der Waals surface area contributed by atoms with Gasteiger partial charge in [-0.3, -0.25) is 9.78 Å². The molecule has 33 heavy (non-hydrogen) atoms. The minimum absolute atomic E-state index is 0.234. The third kappa shape index (κ3) is 5.14. The van der Waals surface area contributed by atoms with E-state index in [0.717, 1.165) is 10.0 Å². The Bertz CT molecular complexity index is 1380. The van der Waals surface area contributed by atoms with Gasteiger partial charge in [0.05, 0.1) is 40.1 Å². The Hall–Kier alpha value is -3.47. The first kappa shape index (κ1) is 22.7. The average Bonchev–Trinajstić information content (AvgIpc) is 3.19. The third-order valence-electron chi connectivity index (χ3n) is 4.56. The maximum absolute atomic E-state index is 11.8. The number of hydrogen-bond acceptors (Lipinski definition) is 7. The summed E-state index contributed by atoms with van der Waals surface area (Å²) in [5.74, 6) is 0.711. The number of carbonyl (C=O) groups is 1. The molecule has 0 radical (unpaired) electrons. The van der Waals surface area contributed by atoms with E-state index in [1.54, 1.807) is 48.8 Å². The van der Waals surface area contributed by atoms with Crippen molar-refractivity contribution in [1.82, 2.24) is 9.97 Å². The summed E-state index contributed by atoms with van der Waals surface area (Å²) in [5, 5.41) is 9.30. The standard InChI is InChI=1S/C22H18ClN5O3S2/c1-11-26-10-20(33-11)28-22(32)27-16-4-3-12(7-15(16)23)31-18-5-6-25-17-9-19(30-2)14(21(24)29)8-13(17)18/h3-10H,1-2H3,(H2,24,29)(H2,27,28,32). The fraction of sp³-hybridized carbons (Fsp3) is 0.0909. The van der Waals surface area contributed by atoms with Gasteiger partial charge in [0.15, 0.2) is 5.11 Å². The number of primary amides is 1. The van der Waals surface area contributed by atoms with Crippen LogP contribution >= 0.6 is 35.2 Å². The molecule has 2 aromatic carbocycles. The smallest absolute Gasteiger partial charge is 0.252 e. The maximum atomic E-state index is 11.8. The second-order valence-corrected chi connectivity index (χ2v) is 8.86. The lowest BCUT2D eigenvalue weighted by atomic mass is 10.1. The molecule has 0 aliphatic carbocycles. The summed E-state index contributed by atoms with van der Waals surface area (Å²) >= 11 is 13.3. The minimum Gasteiger partial charge on any atom is -0.496 e. The number of amides is 1. The summed E-state index contributed by atoms with van der Waals surface area (Å²) in [5.41, 5.74) is 6.93. The van der Waals surface area contributed by atoms with Gasteiger partial charge in [0.25, 0.3) is 5.91 Å². The highest BCUT2D eigenvalue weighted by Gasteiger charge is 2.15. The largest absolute Gasteiger partial charge is 0.496 e. The molecule has 0 saturated heterocycles. The van der Waals surface area contributed by atoms with E-state index < -0.39 is 5.91 Å². The van der Waals surface area contributed by atoms with Gasteiger partial charge in [0, 0.05) is 23.7 Å². The number of thiocarbonyl (C=S) groups is 1. The lowest BCUT2D eigenvalue weighted by Gasteiger charge is -2.14. The van der Waals surface area contributed by atoms with Gasteiger partial charge in [0.1, 0.15) is 22.2 Å². The number of aromatic nitrogens is 2. The average molecular weight is 500 g/mol. The number of nitrogens with one attached hydrogen (secondary N) is 2. The van der Waals surface area contributed by atoms with Gasteiger partial charge >= 0.3 is 0 Å². The SMILES string of the molecule is COc1cc2nccc(Oc3ccc(NC(=S)Nc4cnc(C)s4)c(Cl)c3)c2cc1C(N)=O. The van der Waals surface area contributed by atoms with E-state index in [0.29, 0.717) is 44.0 Å². The molecule has 0 aliphatic heterocycles. The van der Waals surface area contributed by atoms with Crippen molar-refractivity contribution in [2.75, 3.05) is 17.7 Å². The lowest BCUT2D eigenvalue weighted by molar-refractivity contribution is 0.0997. The van der Waals surface area contributed by atoms with Crippen molar-refractivity contribution in [1.29, 1.82) is 0 Å². The predicted octanol–water partition coefficient (Wildman–Crippen LogP) is 5.36. The van der Waals surface area contributed by atoms with Crippen molar-refractivity contribution in [3.63, 3.8) is 0 Å². The second kappa shape index (κ2) is 9.57. The number of aryl methyl sites for hydroxylation is 1. The molecule has 0 bridgehead atoms. The van der Waals surface area contributed by atoms with E-state index >= 15 is 0 Å². The molecule has 1 amide bonds. The predicted molar refractivity (Wildman–Crippen MR) is 135 cm³/mol. The van der Waals surface area contributed by atoms with Gasteiger partial charge in [-0.25, -0.2) is 4.98 Å². The zero-order valence-electron chi connectivity index (χ0n) is 17.5. The van der Waals surface area contributed by atoms with E-state index in [1.807, 2.05) is 6.92 Å². The van der Waals surface area contributed by atoms with Crippen LogP contribution in [0.3, 0.4) is 0 Å². The number of ether oxygens (including phenoxy) is 2. The van der Waals surface area contributed by atoms with Crippen LogP contribution in [0.4, 0.5) is 10.7 Å². The van der Waals surface area contributed by atoms with Crippen LogP contribution in [-0.4, -0.2) is 28.1 Å². The molecule has 4 N–H and O–H groups in total. The number of pyridine rings is 1. The number of methoxy groups -OCH3 is 1. The number of anilines is 2. The molecule has 0 aliphatic rings. The highest BCUT2D eigenvalue weighted by Crippen LogP contribution is 2.35. The molecule has 4 rings (SSSR count). The van der Waals surface area contributed by atoms with Crippen LogP contribution in [0.2, 0.25) is 5.02 Å². The van der Waals surface area contributed by atoms with Crippen LogP contribution in [0.25, 0.3) is 10.9 Å². The molecule has 0 saturated carbocycles. The van der Waals surface area contributed by atoms with E-state index in [4.69, 9.17) is 39.0 Å². The molecule has 168 valence electrons. The summed E-state index contributed by atoms with van der Waals surface area (Å²) < 4.78 is 11.3. The minimum atomic E-state index is -0.611. The summed E-state index contributed by atoms with van der Waals surface area (Å²) in [6.07, 6.45) is 3.31. The first-order valence-electron chi connectivity index (χ1n) is 9.58. The van der Waals surface area contributed by atoms with Crippen molar-refractivity contribution in [2.24, 2.45) is 5.73 Å². The van der Waals surface area contributed by atoms with Crippen molar-refractivity contribution in [3.8, 4) is 17.2 Å². The zero-order valence-corrected chi connectivity index (χ0v) is 19.9. The molecule has 0 spiro atoms. The molecular formula is C22H18ClN5O3S2. The van der Waals surface area contributed by atoms with Gasteiger partial charge in [0.2, 0.25) is 0 Å². The number of nitrogens with two attached hydrogens (primary N) is 1. The number of fused-ring (bicyclic) bond motifs is 1. The van der Waals surface area contributed by atoms with Crippen LogP contribution in [0.5, 0.6) is 17.2 Å². The van der Waals surface area contributed by atoms with Crippen LogP contribution in [0.15, 0.2) is 48.8 Å². The molecular weight excluding hydrogens is 482 g/mol. The molecule has 0 atom stereocenters. The van der Waals surface area contributed by atoms with Gasteiger partial charge in [-0.2, -0.15) is 0 Å². The number of halogens is 1. The van der Waals surface area contributed by atoms with Crippen molar-refractivity contribution in [3.05, 3.63) is 64.4 Å². The Morgan fingerprint density at radius 2 is 1.97 bits per heavy atom. The van der Waals surface area contributed by atoms with Gasteiger partial charge in [-0.1, -0.05) is 11.6 Å². The summed E-state index contributed by atoms with van der Waals surface area (Å²) in [7, 11) is 1.46. The Labute approximate surface area is 203 Å². The highest BCUT2D eigenvalue weighted by molar-refractivity contribution is 7.80. The monoisotopic (exact) mass is 499 g/mol. The summed E-state index contributed by atoms with van der Waals surface area (Å²) in [6, 6.07) is 10.1. The van der Waals surface area contributed by atoms with E-state index in [-0.39, 0.29) is 5.56 Å². The molecule has 4 aromatic rings. The fourth-order valence-electron chi connectivity index (χ4n) is 3.07. The lowest BCUT2D eigenvalue weighted by Crippen LogP contribution is -2.18. The van der Waals surface area contributed by atoms with Gasteiger partial charge in [-0.15, -0.1) is 11.3 Å². The molecule has 0 fully saturated rings. The van der Waals surface area contributed by atoms with Gasteiger partial charge < -0.3 is 25.8 Å². The Balaban J connectivity index is 1.56. The van der Waals surface area contributed by atoms with Crippen LogP contribution in [0.1, 0.15) is 15.4 Å². The van der Waals surface area contributed by atoms with Crippen LogP contribution in [-0.2, 0) is 0 Å². The number of benzene rings is 2. The number of hydrogen-bond donors (Lipinski definition) is 3. The molecule has 8 nitrogen and oxygen atoms in total. The van der Waals surface area contributed by atoms with E-state index in [2.05, 4.69) is 20.6 Å². The second-order valence-electron chi connectivity index (χ2n) is 6.81. The molecule has 2 aromatic heterocycles. The maximum Gasteiger partial charge on any atom is 0.252 e. The van der Waals surface area contributed by atoms with E-state index in [9.17, 15) is 4.79 Å². The number of thiazole rings is 1. The van der Waals surface area contributed by atoms with E-state index in [1.165, 1.54) is 18.4 Å². The molecule has 2 heterocycles. The molecule has 11 heteroatoms. The van der Waals surface area contributed by atoms with Crippen molar-refractivity contribution < 1.29 is 14.3 Å². The first-order chi connectivity index (χ1) is 15.8. The molecule has 0 unspecified atom stereocenters. The van der Waals surface area contributed by atoms with Crippen LogP contribution < -0.4 is 25.8 Å². The summed E-state index contributed by atoms with van der Waals surface area (Å²) in [4.78, 5) is 20.3. The quantitative estimate of drug-likeness (QED) is 0.304. The fourth-order valence-corrected chi connectivity index (χ4v) is 4.26. The number of carbonyl (C=O) groups excluding carboxylic acids is 1. The Morgan fingerprint density at radius 3 is 2.64 bits per heavy atom.